The lowest BCUT2D eigenvalue weighted by Gasteiger charge is -2.51. The maximum absolute atomic E-state index is 14.6. The van der Waals surface area contributed by atoms with Crippen LogP contribution in [0.1, 0.15) is 143 Å². The normalized spacial score (nSPS) is 37.3. The number of nitrogens with zero attached hydrogens (tertiary/aromatic N) is 8. The van der Waals surface area contributed by atoms with Gasteiger partial charge in [-0.15, -0.1) is 10.2 Å². The number of ether oxygens (including phenoxy) is 5. The fraction of sp³-hybridized carbons (Fsp3) is 0.782. The Morgan fingerprint density at radius 3 is 2.27 bits per heavy atom. The summed E-state index contributed by atoms with van der Waals surface area (Å²) in [5.74, 6) is -2.84. The number of carbonyl (C=O) groups is 2. The van der Waals surface area contributed by atoms with E-state index in [4.69, 9.17) is 23.7 Å². The number of carbonyl (C=O) groups excluding carboxylic acids is 2. The van der Waals surface area contributed by atoms with E-state index in [9.17, 15) is 30.0 Å². The van der Waals surface area contributed by atoms with Crippen molar-refractivity contribution in [1.29, 1.82) is 0 Å². The number of aliphatic hydroxyl groups is 4. The SMILES string of the molecule is CC[C@H]1OC(=O)[C@H](C)[C@@H](C2C[C@@](C)(OC)[C@@H](O)[C@H](C)O2)[C@H](C)[C@@H](O[C@H]2C[C@@H](N(C)CCc3cn(CCCCc4ccc(-n5cc(C(C)=O)nn5)cc4)nn3)C[C@@H](C)O2)[C@](C)(O)C[C@@H](C)CN(C)[C@H](C)[C@@H](O)[C@]1(C)O. The average molecular weight is 1040 g/mol. The summed E-state index contributed by atoms with van der Waals surface area (Å²) < 4.78 is 36.1. The minimum Gasteiger partial charge on any atom is -0.459 e. The Bertz CT molecular complexity index is 2260. The number of hydrogen-bond donors (Lipinski definition) is 4. The van der Waals surface area contributed by atoms with E-state index in [1.54, 1.807) is 38.8 Å². The Morgan fingerprint density at radius 1 is 0.919 bits per heavy atom. The van der Waals surface area contributed by atoms with Gasteiger partial charge < -0.3 is 53.9 Å². The molecule has 4 N–H and O–H groups in total. The van der Waals surface area contributed by atoms with E-state index in [2.05, 4.69) is 51.6 Å². The zero-order valence-corrected chi connectivity index (χ0v) is 46.8. The molecule has 0 saturated carbocycles. The average Bonchev–Trinajstić information content (AvgIpc) is 4.04. The zero-order valence-electron chi connectivity index (χ0n) is 46.8. The molecule has 3 aliphatic heterocycles. The smallest absolute Gasteiger partial charge is 0.309 e. The third-order valence-electron chi connectivity index (χ3n) is 16.8. The Hall–Kier alpha value is -3.76. The van der Waals surface area contributed by atoms with Gasteiger partial charge in [0.25, 0.3) is 0 Å². The van der Waals surface area contributed by atoms with Crippen molar-refractivity contribution in [3.63, 3.8) is 0 Å². The molecule has 3 aromatic rings. The summed E-state index contributed by atoms with van der Waals surface area (Å²) in [6.07, 6.45) is 3.06. The molecule has 3 fully saturated rings. The van der Waals surface area contributed by atoms with Crippen molar-refractivity contribution in [2.45, 2.75) is 218 Å². The molecule has 6 rings (SSSR count). The Balaban J connectivity index is 1.15. The second-order valence-corrected chi connectivity index (χ2v) is 23.1. The lowest BCUT2D eigenvalue weighted by atomic mass is 9.68. The highest BCUT2D eigenvalue weighted by atomic mass is 16.7. The quantitative estimate of drug-likeness (QED) is 0.0820. The first-order valence-electron chi connectivity index (χ1n) is 27.1. The van der Waals surface area contributed by atoms with Crippen molar-refractivity contribution >= 4 is 11.8 Å². The van der Waals surface area contributed by atoms with E-state index < -0.39 is 89.5 Å². The van der Waals surface area contributed by atoms with Crippen LogP contribution in [0.2, 0.25) is 0 Å². The van der Waals surface area contributed by atoms with Gasteiger partial charge in [0.1, 0.15) is 29.6 Å². The molecular formula is C55H90N8O11. The molecule has 0 spiro atoms. The van der Waals surface area contributed by atoms with Gasteiger partial charge in [-0.3, -0.25) is 14.3 Å². The number of aliphatic hydroxyl groups excluding tert-OH is 2. The highest BCUT2D eigenvalue weighted by Gasteiger charge is 2.54. The summed E-state index contributed by atoms with van der Waals surface area (Å²) in [5, 5.41) is 64.8. The predicted molar refractivity (Wildman–Crippen MR) is 278 cm³/mol. The summed E-state index contributed by atoms with van der Waals surface area (Å²) in [4.78, 5) is 30.5. The minimum absolute atomic E-state index is 0.0833. The maximum Gasteiger partial charge on any atom is 0.309 e. The molecule has 17 atom stereocenters. The van der Waals surface area contributed by atoms with E-state index in [-0.39, 0.29) is 36.7 Å². The van der Waals surface area contributed by atoms with E-state index in [1.807, 2.05) is 69.6 Å². The number of likely N-dealkylation sites (N-methyl/N-ethyl adjacent to an activating group) is 2. The molecule has 74 heavy (non-hydrogen) atoms. The number of aryl methyl sites for hydroxylation is 2. The molecule has 19 heteroatoms. The van der Waals surface area contributed by atoms with Crippen LogP contribution < -0.4 is 0 Å². The van der Waals surface area contributed by atoms with Crippen LogP contribution in [-0.4, -0.2) is 184 Å². The summed E-state index contributed by atoms with van der Waals surface area (Å²) in [5.41, 5.74) is -0.938. The van der Waals surface area contributed by atoms with Crippen LogP contribution in [0, 0.1) is 23.7 Å². The van der Waals surface area contributed by atoms with Crippen LogP contribution in [-0.2, 0) is 47.9 Å². The number of ketones is 1. The molecule has 3 aliphatic rings. The second-order valence-electron chi connectivity index (χ2n) is 23.1. The highest BCUT2D eigenvalue weighted by Crippen LogP contribution is 2.45. The highest BCUT2D eigenvalue weighted by molar-refractivity contribution is 5.91. The van der Waals surface area contributed by atoms with Crippen LogP contribution in [0.4, 0.5) is 0 Å². The van der Waals surface area contributed by atoms with Crippen molar-refractivity contribution in [1.82, 2.24) is 39.8 Å². The number of aromatic nitrogens is 6. The molecule has 3 saturated heterocycles. The van der Waals surface area contributed by atoms with Gasteiger partial charge in [-0.1, -0.05) is 50.3 Å². The number of hydrogen-bond acceptors (Lipinski definition) is 17. The standard InChI is InChI=1S/C55H90N8O11/c1-15-46-55(11,69)49(65)37(6)61(13)30-33(2)28-53(9,68)51(35(4)48(36(5)52(67)73-46)45-29-54(10,70-14)50(66)39(8)72-45)74-47-27-43(26-34(3)71-47)60(12)25-23-41-31-62(58-56-41)24-17-16-18-40-19-21-42(22-20-40)63-32-44(38(7)64)57-59-63/h19-22,31-37,39,43,45-51,65-66,68-69H,15-18,23-30H2,1-14H3/t33-,34-,35+,36-,37-,39+,43+,45?,46-,47+,48+,49-,50+,51-,53-,54-,55-/m1/s1. The topological polar surface area (TPSA) is 229 Å². The molecule has 0 radical (unpaired) electrons. The van der Waals surface area contributed by atoms with Gasteiger partial charge in [-0.05, 0) is 124 Å². The van der Waals surface area contributed by atoms with Gasteiger partial charge in [-0.2, -0.15) is 0 Å². The Morgan fingerprint density at radius 2 is 1.62 bits per heavy atom. The van der Waals surface area contributed by atoms with E-state index in [1.165, 1.54) is 19.4 Å². The Labute approximate surface area is 439 Å². The van der Waals surface area contributed by atoms with Gasteiger partial charge in [0, 0.05) is 77.1 Å². The summed E-state index contributed by atoms with van der Waals surface area (Å²) in [7, 11) is 5.56. The number of unbranched alkanes of at least 4 members (excludes halogenated alkanes) is 1. The number of rotatable bonds is 16. The number of methoxy groups -OCH3 is 1. The summed E-state index contributed by atoms with van der Waals surface area (Å²) in [6, 6.07) is 7.68. The molecule has 19 nitrogen and oxygen atoms in total. The summed E-state index contributed by atoms with van der Waals surface area (Å²) >= 11 is 0. The van der Waals surface area contributed by atoms with Crippen LogP contribution in [0.15, 0.2) is 36.7 Å². The number of cyclic esters (lactones) is 1. The predicted octanol–water partition coefficient (Wildman–Crippen LogP) is 5.21. The molecule has 0 aliphatic carbocycles. The molecule has 416 valence electrons. The van der Waals surface area contributed by atoms with Crippen LogP contribution in [0.5, 0.6) is 0 Å². The van der Waals surface area contributed by atoms with Crippen molar-refractivity contribution in [2.75, 3.05) is 34.3 Å². The van der Waals surface area contributed by atoms with Gasteiger partial charge >= 0.3 is 5.97 Å². The largest absolute Gasteiger partial charge is 0.459 e. The van der Waals surface area contributed by atoms with Gasteiger partial charge in [0.05, 0.1) is 59.1 Å². The summed E-state index contributed by atoms with van der Waals surface area (Å²) in [6.45, 7) is 21.9. The number of benzene rings is 1. The number of esters is 1. The first kappa shape index (κ1) is 59.5. The van der Waals surface area contributed by atoms with Crippen LogP contribution in [0.3, 0.4) is 0 Å². The van der Waals surface area contributed by atoms with E-state index in [0.717, 1.165) is 50.2 Å². The second kappa shape index (κ2) is 25.1. The molecule has 1 aromatic carbocycles. The van der Waals surface area contributed by atoms with Crippen molar-refractivity contribution in [2.24, 2.45) is 23.7 Å². The third-order valence-corrected chi connectivity index (χ3v) is 16.8. The lowest BCUT2D eigenvalue weighted by Crippen LogP contribution is -2.61. The third kappa shape index (κ3) is 14.2. The van der Waals surface area contributed by atoms with Gasteiger partial charge in [0.15, 0.2) is 12.1 Å². The zero-order chi connectivity index (χ0) is 54.4. The van der Waals surface area contributed by atoms with E-state index in [0.29, 0.717) is 31.5 Å². The van der Waals surface area contributed by atoms with Gasteiger partial charge in [0.2, 0.25) is 0 Å². The van der Waals surface area contributed by atoms with Gasteiger partial charge in [-0.25, -0.2) is 4.68 Å². The van der Waals surface area contributed by atoms with Crippen molar-refractivity contribution in [3.05, 3.63) is 53.6 Å². The molecule has 2 aromatic heterocycles. The molecular weight excluding hydrogens is 949 g/mol. The van der Waals surface area contributed by atoms with Crippen molar-refractivity contribution < 1.29 is 53.7 Å². The van der Waals surface area contributed by atoms with Crippen LogP contribution >= 0.6 is 0 Å². The van der Waals surface area contributed by atoms with Crippen molar-refractivity contribution in [3.8, 4) is 5.69 Å². The van der Waals surface area contributed by atoms with Crippen LogP contribution in [0.25, 0.3) is 5.69 Å². The molecule has 1 unspecified atom stereocenters. The fourth-order valence-electron chi connectivity index (χ4n) is 12.2. The number of Topliss-reactive ketones (excluding diaryl/α,β-unsaturated/α-hetero) is 1. The molecule has 0 amide bonds. The fourth-order valence-corrected chi connectivity index (χ4v) is 12.2. The molecule has 5 heterocycles. The maximum atomic E-state index is 14.6. The first-order chi connectivity index (χ1) is 34.8. The first-order valence-corrected chi connectivity index (χ1v) is 27.1. The lowest BCUT2D eigenvalue weighted by molar-refractivity contribution is -0.275. The molecule has 0 bridgehead atoms. The monoisotopic (exact) mass is 1040 g/mol. The minimum atomic E-state index is -1.78. The van der Waals surface area contributed by atoms with E-state index >= 15 is 0 Å². The Kier molecular flexibility index (Phi) is 20.2.